The van der Waals surface area contributed by atoms with Crippen LogP contribution in [0, 0.1) is 5.92 Å². The van der Waals surface area contributed by atoms with Crippen LogP contribution >= 0.6 is 0 Å². The van der Waals surface area contributed by atoms with Crippen LogP contribution in [0.2, 0.25) is 0 Å². The second kappa shape index (κ2) is 9.82. The van der Waals surface area contributed by atoms with Gasteiger partial charge in [0.15, 0.2) is 0 Å². The highest BCUT2D eigenvalue weighted by Gasteiger charge is 2.10. The van der Waals surface area contributed by atoms with Crippen LogP contribution < -0.4 is 5.32 Å². The van der Waals surface area contributed by atoms with E-state index in [1.165, 1.54) is 6.07 Å². The molecule has 2 N–H and O–H groups in total. The summed E-state index contributed by atoms with van der Waals surface area (Å²) >= 11 is 0. The quantitative estimate of drug-likeness (QED) is 0.727. The largest absolute Gasteiger partial charge is 0.478 e. The van der Waals surface area contributed by atoms with Gasteiger partial charge in [0.1, 0.15) is 0 Å². The molecule has 0 heterocycles. The Bertz CT molecular complexity index is 487. The van der Waals surface area contributed by atoms with E-state index in [0.717, 1.165) is 31.2 Å². The van der Waals surface area contributed by atoms with Crippen LogP contribution in [0.5, 0.6) is 0 Å². The van der Waals surface area contributed by atoms with Gasteiger partial charge >= 0.3 is 12.1 Å². The Morgan fingerprint density at radius 3 is 2.73 bits per heavy atom. The first-order valence-corrected chi connectivity index (χ1v) is 7.79. The van der Waals surface area contributed by atoms with Gasteiger partial charge in [-0.15, -0.1) is 0 Å². The van der Waals surface area contributed by atoms with Gasteiger partial charge in [-0.25, -0.2) is 9.59 Å². The summed E-state index contributed by atoms with van der Waals surface area (Å²) in [5.74, 6) is -0.577. The zero-order chi connectivity index (χ0) is 16.4. The summed E-state index contributed by atoms with van der Waals surface area (Å²) in [6, 6.07) is 6.48. The van der Waals surface area contributed by atoms with Gasteiger partial charge < -0.3 is 15.2 Å². The molecule has 1 aromatic carbocycles. The van der Waals surface area contributed by atoms with Crippen molar-refractivity contribution in [3.05, 3.63) is 35.4 Å². The summed E-state index contributed by atoms with van der Waals surface area (Å²) in [5.41, 5.74) is 0.938. The third-order valence-electron chi connectivity index (χ3n) is 3.60. The maximum Gasteiger partial charge on any atom is 0.407 e. The molecule has 0 bridgehead atoms. The van der Waals surface area contributed by atoms with Gasteiger partial charge in [-0.1, -0.05) is 45.2 Å². The van der Waals surface area contributed by atoms with Gasteiger partial charge in [-0.3, -0.25) is 0 Å². The lowest BCUT2D eigenvalue weighted by Crippen LogP contribution is -2.26. The minimum atomic E-state index is -0.980. The molecule has 0 fully saturated rings. The van der Waals surface area contributed by atoms with Crippen molar-refractivity contribution in [3.63, 3.8) is 0 Å². The normalized spacial score (nSPS) is 11.7. The zero-order valence-electron chi connectivity index (χ0n) is 13.3. The van der Waals surface area contributed by atoms with Crippen molar-refractivity contribution in [1.29, 1.82) is 0 Å². The lowest BCUT2D eigenvalue weighted by atomic mass is 10.0. The van der Waals surface area contributed by atoms with Crippen LogP contribution in [0.3, 0.4) is 0 Å². The Labute approximate surface area is 131 Å². The van der Waals surface area contributed by atoms with E-state index in [4.69, 9.17) is 9.84 Å². The van der Waals surface area contributed by atoms with Crippen molar-refractivity contribution in [2.75, 3.05) is 6.61 Å². The molecule has 1 amide bonds. The lowest BCUT2D eigenvalue weighted by Gasteiger charge is -2.15. The van der Waals surface area contributed by atoms with E-state index in [1.807, 2.05) is 0 Å². The molecular formula is C17H25NO4. The molecule has 1 aromatic rings. The average Bonchev–Trinajstić information content (AvgIpc) is 2.53. The number of carbonyl (C=O) groups excluding carboxylic acids is 1. The molecular weight excluding hydrogens is 282 g/mol. The van der Waals surface area contributed by atoms with E-state index >= 15 is 0 Å². The maximum atomic E-state index is 11.7. The maximum absolute atomic E-state index is 11.7. The summed E-state index contributed by atoms with van der Waals surface area (Å²) in [4.78, 5) is 22.6. The molecule has 1 atom stereocenters. The Morgan fingerprint density at radius 1 is 1.32 bits per heavy atom. The zero-order valence-corrected chi connectivity index (χ0v) is 13.3. The summed E-state index contributed by atoms with van der Waals surface area (Å²) in [6.07, 6.45) is 3.89. The smallest absolute Gasteiger partial charge is 0.407 e. The molecule has 0 spiro atoms. The molecule has 5 nitrogen and oxygen atoms in total. The third-order valence-corrected chi connectivity index (χ3v) is 3.60. The second-order valence-electron chi connectivity index (χ2n) is 5.37. The van der Waals surface area contributed by atoms with E-state index in [2.05, 4.69) is 19.2 Å². The fourth-order valence-corrected chi connectivity index (χ4v) is 2.13. The van der Waals surface area contributed by atoms with Crippen LogP contribution in [0.25, 0.3) is 0 Å². The number of benzene rings is 1. The first-order chi connectivity index (χ1) is 10.6. The molecule has 5 heteroatoms. The molecule has 0 aromatic heterocycles. The van der Waals surface area contributed by atoms with Gasteiger partial charge in [-0.2, -0.15) is 0 Å². The highest BCUT2D eigenvalue weighted by atomic mass is 16.5. The molecule has 0 saturated heterocycles. The second-order valence-corrected chi connectivity index (χ2v) is 5.37. The van der Waals surface area contributed by atoms with Gasteiger partial charge in [0, 0.05) is 6.54 Å². The Kier molecular flexibility index (Phi) is 8.04. The number of carbonyl (C=O) groups is 2. The first kappa shape index (κ1) is 18.0. The first-order valence-electron chi connectivity index (χ1n) is 7.79. The summed E-state index contributed by atoms with van der Waals surface area (Å²) < 4.78 is 5.23. The van der Waals surface area contributed by atoms with Crippen molar-refractivity contribution < 1.29 is 19.4 Å². The fraction of sp³-hybridized carbons (Fsp3) is 0.529. The number of alkyl carbamates (subject to hydrolysis) is 1. The number of unbranched alkanes of at least 4 members (excludes halogenated alkanes) is 1. The Hall–Kier alpha value is -2.04. The molecule has 0 radical (unpaired) electrons. The highest BCUT2D eigenvalue weighted by molar-refractivity contribution is 5.87. The van der Waals surface area contributed by atoms with Gasteiger partial charge in [0.05, 0.1) is 12.2 Å². The standard InChI is InChI=1S/C17H25NO4/c1-3-5-7-13(4-2)12-22-17(21)18-11-14-8-6-9-15(10-14)16(19)20/h6,8-10,13H,3-5,7,11-12H2,1-2H3,(H,18,21)(H,19,20). The predicted octanol–water partition coefficient (Wildman–Crippen LogP) is 3.83. The van der Waals surface area contributed by atoms with Crippen LogP contribution in [-0.4, -0.2) is 23.8 Å². The Morgan fingerprint density at radius 2 is 2.09 bits per heavy atom. The fourth-order valence-electron chi connectivity index (χ4n) is 2.13. The SMILES string of the molecule is CCCCC(CC)COC(=O)NCc1cccc(C(=O)O)c1. The molecule has 1 unspecified atom stereocenters. The summed E-state index contributed by atoms with van der Waals surface area (Å²) in [6.45, 7) is 4.92. The van der Waals surface area contributed by atoms with Gasteiger partial charge in [-0.05, 0) is 30.0 Å². The van der Waals surface area contributed by atoms with Crippen molar-refractivity contribution in [2.24, 2.45) is 5.92 Å². The van der Waals surface area contributed by atoms with E-state index in [0.29, 0.717) is 12.5 Å². The number of hydrogen-bond donors (Lipinski definition) is 2. The van der Waals surface area contributed by atoms with Crippen LogP contribution in [0.4, 0.5) is 4.79 Å². The lowest BCUT2D eigenvalue weighted by molar-refractivity contribution is 0.0696. The number of hydrogen-bond acceptors (Lipinski definition) is 3. The number of amides is 1. The number of aromatic carboxylic acids is 1. The van der Waals surface area contributed by atoms with Crippen LogP contribution in [-0.2, 0) is 11.3 Å². The van der Waals surface area contributed by atoms with Gasteiger partial charge in [0.25, 0.3) is 0 Å². The van der Waals surface area contributed by atoms with Crippen molar-refractivity contribution in [1.82, 2.24) is 5.32 Å². The van der Waals surface area contributed by atoms with E-state index < -0.39 is 12.1 Å². The summed E-state index contributed by atoms with van der Waals surface area (Å²) in [7, 11) is 0. The minimum Gasteiger partial charge on any atom is -0.478 e. The van der Waals surface area contributed by atoms with Crippen molar-refractivity contribution in [3.8, 4) is 0 Å². The van der Waals surface area contributed by atoms with Crippen molar-refractivity contribution in [2.45, 2.75) is 46.1 Å². The molecule has 22 heavy (non-hydrogen) atoms. The monoisotopic (exact) mass is 307 g/mol. The molecule has 0 saturated carbocycles. The number of nitrogens with one attached hydrogen (secondary N) is 1. The highest BCUT2D eigenvalue weighted by Crippen LogP contribution is 2.13. The van der Waals surface area contributed by atoms with Crippen LogP contribution in [0.1, 0.15) is 55.5 Å². The number of ether oxygens (including phenoxy) is 1. The molecule has 1 rings (SSSR count). The van der Waals surface area contributed by atoms with E-state index in [9.17, 15) is 9.59 Å². The topological polar surface area (TPSA) is 75.6 Å². The number of carboxylic acid groups (broad SMARTS) is 1. The van der Waals surface area contributed by atoms with Crippen LogP contribution in [0.15, 0.2) is 24.3 Å². The third kappa shape index (κ3) is 6.61. The number of rotatable bonds is 9. The predicted molar refractivity (Wildman–Crippen MR) is 84.9 cm³/mol. The average molecular weight is 307 g/mol. The molecule has 0 aliphatic heterocycles. The van der Waals surface area contributed by atoms with Crippen molar-refractivity contribution >= 4 is 12.1 Å². The Balaban J connectivity index is 2.36. The van der Waals surface area contributed by atoms with E-state index in [1.54, 1.807) is 18.2 Å². The number of carboxylic acids is 1. The van der Waals surface area contributed by atoms with E-state index in [-0.39, 0.29) is 12.1 Å². The minimum absolute atomic E-state index is 0.207. The molecule has 122 valence electrons. The summed E-state index contributed by atoms with van der Waals surface area (Å²) in [5, 5.41) is 11.6. The molecule has 0 aliphatic carbocycles. The molecule has 0 aliphatic rings. The van der Waals surface area contributed by atoms with Gasteiger partial charge in [0.2, 0.25) is 0 Å².